The van der Waals surface area contributed by atoms with E-state index in [2.05, 4.69) is 10.3 Å². The number of nitrogens with one attached hydrogen (secondary N) is 1. The minimum absolute atomic E-state index is 0.240. The molecule has 0 aliphatic carbocycles. The maximum absolute atomic E-state index is 12.9. The molecule has 4 rings (SSSR count). The van der Waals surface area contributed by atoms with E-state index in [-0.39, 0.29) is 12.5 Å². The Morgan fingerprint density at radius 3 is 2.56 bits per heavy atom. The van der Waals surface area contributed by atoms with Crippen LogP contribution in [-0.4, -0.2) is 31.1 Å². The quantitative estimate of drug-likeness (QED) is 0.391. The molecule has 1 heterocycles. The van der Waals surface area contributed by atoms with Gasteiger partial charge in [0.15, 0.2) is 0 Å². The fourth-order valence-corrected chi connectivity index (χ4v) is 3.61. The number of carbonyl (C=O) groups excluding carboxylic acids is 2. The number of nitrogens with zero attached hydrogens (tertiary/aromatic N) is 1. The fraction of sp³-hybridized carbons (Fsp3) is 0.148. The van der Waals surface area contributed by atoms with Crippen LogP contribution < -0.4 is 14.8 Å². The van der Waals surface area contributed by atoms with Crippen molar-refractivity contribution in [2.75, 3.05) is 14.2 Å². The monoisotopic (exact) mass is 456 g/mol. The third kappa shape index (κ3) is 4.83. The van der Waals surface area contributed by atoms with Crippen molar-refractivity contribution in [1.82, 2.24) is 10.3 Å². The van der Waals surface area contributed by atoms with Gasteiger partial charge in [0.2, 0.25) is 0 Å². The average Bonchev–Trinajstić information content (AvgIpc) is 2.88. The minimum atomic E-state index is -0.420. The third-order valence-electron chi connectivity index (χ3n) is 5.46. The number of hydrogen-bond acceptors (Lipinski definition) is 6. The number of methoxy groups -OCH3 is 2. The highest BCUT2D eigenvalue weighted by molar-refractivity contribution is 5.96. The van der Waals surface area contributed by atoms with E-state index in [0.717, 1.165) is 16.5 Å². The van der Waals surface area contributed by atoms with Crippen LogP contribution >= 0.6 is 0 Å². The van der Waals surface area contributed by atoms with Crippen molar-refractivity contribution in [3.8, 4) is 17.2 Å². The van der Waals surface area contributed by atoms with Crippen molar-refractivity contribution in [2.24, 2.45) is 0 Å². The van der Waals surface area contributed by atoms with Gasteiger partial charge in [-0.3, -0.25) is 9.78 Å². The van der Waals surface area contributed by atoms with E-state index in [1.165, 1.54) is 7.11 Å². The predicted molar refractivity (Wildman–Crippen MR) is 128 cm³/mol. The zero-order chi connectivity index (χ0) is 24.1. The lowest BCUT2D eigenvalue weighted by Crippen LogP contribution is -2.23. The molecule has 0 atom stereocenters. The van der Waals surface area contributed by atoms with Gasteiger partial charge in [0.25, 0.3) is 5.91 Å². The van der Waals surface area contributed by atoms with Crippen LogP contribution in [0.5, 0.6) is 17.2 Å². The maximum atomic E-state index is 12.9. The summed E-state index contributed by atoms with van der Waals surface area (Å²) in [7, 11) is 2.94. The summed E-state index contributed by atoms with van der Waals surface area (Å²) >= 11 is 0. The molecule has 3 aromatic carbocycles. The zero-order valence-corrected chi connectivity index (χ0v) is 19.1. The Balaban J connectivity index is 1.53. The SMILES string of the molecule is COC(=O)c1cccc(CNC(=O)c2cccc(Oc3ccnc4cc(OC)ccc34)c2C)c1. The normalized spacial score (nSPS) is 10.6. The molecule has 1 amide bonds. The Hall–Kier alpha value is -4.39. The molecule has 34 heavy (non-hydrogen) atoms. The predicted octanol–water partition coefficient (Wildman–Crippen LogP) is 5.06. The van der Waals surface area contributed by atoms with Gasteiger partial charge < -0.3 is 19.5 Å². The van der Waals surface area contributed by atoms with E-state index in [4.69, 9.17) is 14.2 Å². The molecule has 172 valence electrons. The number of carbonyl (C=O) groups is 2. The first-order valence-corrected chi connectivity index (χ1v) is 10.7. The molecule has 4 aromatic rings. The first-order valence-electron chi connectivity index (χ1n) is 10.7. The van der Waals surface area contributed by atoms with Gasteiger partial charge in [-0.05, 0) is 55.0 Å². The summed E-state index contributed by atoms with van der Waals surface area (Å²) in [6.45, 7) is 2.11. The number of esters is 1. The van der Waals surface area contributed by atoms with Gasteiger partial charge in [0, 0.05) is 35.3 Å². The standard InChI is InChI=1S/C27H24N2O5/c1-17-21(26(30)29-16-18-6-4-7-19(14-18)27(31)33-3)8-5-9-24(17)34-25-12-13-28-23-15-20(32-2)10-11-22(23)25/h4-15H,16H2,1-3H3,(H,29,30). The number of rotatable bonds is 7. The summed E-state index contributed by atoms with van der Waals surface area (Å²) in [6.07, 6.45) is 1.67. The highest BCUT2D eigenvalue weighted by Crippen LogP contribution is 2.33. The second-order valence-corrected chi connectivity index (χ2v) is 7.60. The van der Waals surface area contributed by atoms with Gasteiger partial charge in [0.05, 0.1) is 25.3 Å². The topological polar surface area (TPSA) is 86.8 Å². The van der Waals surface area contributed by atoms with Crippen molar-refractivity contribution in [3.05, 3.63) is 95.2 Å². The summed E-state index contributed by atoms with van der Waals surface area (Å²) in [5.41, 5.74) is 3.18. The Morgan fingerprint density at radius 2 is 1.76 bits per heavy atom. The second kappa shape index (κ2) is 10.0. The third-order valence-corrected chi connectivity index (χ3v) is 5.46. The Labute approximate surface area is 197 Å². The number of amides is 1. The van der Waals surface area contributed by atoms with Crippen molar-refractivity contribution in [1.29, 1.82) is 0 Å². The van der Waals surface area contributed by atoms with E-state index in [1.54, 1.807) is 49.7 Å². The molecule has 7 heteroatoms. The highest BCUT2D eigenvalue weighted by Gasteiger charge is 2.15. The van der Waals surface area contributed by atoms with E-state index < -0.39 is 5.97 Å². The molecule has 0 unspecified atom stereocenters. The van der Waals surface area contributed by atoms with Crippen LogP contribution in [0.2, 0.25) is 0 Å². The zero-order valence-electron chi connectivity index (χ0n) is 19.1. The molecule has 1 aromatic heterocycles. The first-order chi connectivity index (χ1) is 16.5. The van der Waals surface area contributed by atoms with Gasteiger partial charge in [-0.25, -0.2) is 4.79 Å². The van der Waals surface area contributed by atoms with Crippen LogP contribution in [0, 0.1) is 6.92 Å². The molecule has 0 fully saturated rings. The lowest BCUT2D eigenvalue weighted by molar-refractivity contribution is 0.0600. The van der Waals surface area contributed by atoms with Crippen LogP contribution in [0.1, 0.15) is 31.8 Å². The van der Waals surface area contributed by atoms with Crippen molar-refractivity contribution >= 4 is 22.8 Å². The smallest absolute Gasteiger partial charge is 0.337 e. The van der Waals surface area contributed by atoms with Crippen molar-refractivity contribution < 1.29 is 23.8 Å². The van der Waals surface area contributed by atoms with Crippen LogP contribution in [0.4, 0.5) is 0 Å². The molecular formula is C27H24N2O5. The van der Waals surface area contributed by atoms with Gasteiger partial charge in [-0.2, -0.15) is 0 Å². The number of hydrogen-bond donors (Lipinski definition) is 1. The Morgan fingerprint density at radius 1 is 0.941 bits per heavy atom. The molecule has 0 radical (unpaired) electrons. The van der Waals surface area contributed by atoms with Gasteiger partial charge in [-0.1, -0.05) is 18.2 Å². The van der Waals surface area contributed by atoms with E-state index >= 15 is 0 Å². The van der Waals surface area contributed by atoms with E-state index in [1.807, 2.05) is 37.3 Å². The van der Waals surface area contributed by atoms with Gasteiger partial charge >= 0.3 is 5.97 Å². The lowest BCUT2D eigenvalue weighted by atomic mass is 10.1. The minimum Gasteiger partial charge on any atom is -0.497 e. The van der Waals surface area contributed by atoms with E-state index in [9.17, 15) is 9.59 Å². The number of ether oxygens (including phenoxy) is 3. The first kappa shape index (κ1) is 22.8. The maximum Gasteiger partial charge on any atom is 0.337 e. The number of benzene rings is 3. The average molecular weight is 456 g/mol. The fourth-order valence-electron chi connectivity index (χ4n) is 3.61. The van der Waals surface area contributed by atoms with Crippen molar-refractivity contribution in [3.63, 3.8) is 0 Å². The molecule has 1 N–H and O–H groups in total. The van der Waals surface area contributed by atoms with Crippen LogP contribution in [0.15, 0.2) is 72.9 Å². The molecule has 0 spiro atoms. The number of fused-ring (bicyclic) bond motifs is 1. The molecule has 0 aliphatic heterocycles. The summed E-state index contributed by atoms with van der Waals surface area (Å²) in [4.78, 5) is 29.0. The van der Waals surface area contributed by atoms with Crippen LogP contribution in [0.25, 0.3) is 10.9 Å². The van der Waals surface area contributed by atoms with E-state index in [0.29, 0.717) is 33.9 Å². The molecule has 7 nitrogen and oxygen atoms in total. The molecular weight excluding hydrogens is 432 g/mol. The highest BCUT2D eigenvalue weighted by atomic mass is 16.5. The van der Waals surface area contributed by atoms with Crippen LogP contribution in [-0.2, 0) is 11.3 Å². The van der Waals surface area contributed by atoms with Crippen LogP contribution in [0.3, 0.4) is 0 Å². The molecule has 0 saturated carbocycles. The van der Waals surface area contributed by atoms with Crippen molar-refractivity contribution in [2.45, 2.75) is 13.5 Å². The van der Waals surface area contributed by atoms with Gasteiger partial charge in [-0.15, -0.1) is 0 Å². The lowest BCUT2D eigenvalue weighted by Gasteiger charge is -2.14. The molecule has 0 saturated heterocycles. The Bertz CT molecular complexity index is 1370. The molecule has 0 aliphatic rings. The summed E-state index contributed by atoms with van der Waals surface area (Å²) < 4.78 is 16.2. The van der Waals surface area contributed by atoms with Gasteiger partial charge in [0.1, 0.15) is 17.2 Å². The summed E-state index contributed by atoms with van der Waals surface area (Å²) in [5, 5.41) is 3.74. The largest absolute Gasteiger partial charge is 0.497 e. The Kier molecular flexibility index (Phi) is 6.73. The second-order valence-electron chi connectivity index (χ2n) is 7.60. The summed E-state index contributed by atoms with van der Waals surface area (Å²) in [6, 6.07) is 19.7. The summed E-state index contributed by atoms with van der Waals surface area (Å²) in [5.74, 6) is 1.26. The molecule has 0 bridgehead atoms. The number of pyridine rings is 1. The number of aromatic nitrogens is 1.